The second-order valence-corrected chi connectivity index (χ2v) is 10.3. The number of carbonyl (C=O) groups is 1. The van der Waals surface area contributed by atoms with Gasteiger partial charge < -0.3 is 19.1 Å². The molecule has 0 aliphatic carbocycles. The van der Waals surface area contributed by atoms with Crippen LogP contribution in [0, 0.1) is 0 Å². The number of piperidine rings is 1. The fraction of sp³-hybridized carbons (Fsp3) is 0.393. The standard InChI is InChI=1S/C28H31N3O4/c1-27(2,3)35-26(32)31-13-11-28(12-14-31)17-22(19-34-28)25-16-21-15-23(9-10-24(21)29-30-25)33-18-20-7-5-4-6-8-20/h4-10,15-16,19H,11-14,17-18H2,1-3H3. The SMILES string of the molecule is CC(C)(C)OC(=O)N1CCC2(CC1)CC(c1cc3cc(OCc4ccccc4)ccc3nn1)=CO2. The Morgan fingerprint density at radius 3 is 2.57 bits per heavy atom. The minimum Gasteiger partial charge on any atom is -0.494 e. The summed E-state index contributed by atoms with van der Waals surface area (Å²) in [6.07, 6.45) is 3.81. The van der Waals surface area contributed by atoms with Crippen LogP contribution in [-0.4, -0.2) is 45.5 Å². The molecule has 0 radical (unpaired) electrons. The van der Waals surface area contributed by atoms with Gasteiger partial charge in [-0.1, -0.05) is 30.3 Å². The van der Waals surface area contributed by atoms with Gasteiger partial charge in [0, 0.05) is 43.3 Å². The average molecular weight is 474 g/mol. The number of aromatic nitrogens is 2. The van der Waals surface area contributed by atoms with Crippen LogP contribution in [0.1, 0.15) is 51.3 Å². The van der Waals surface area contributed by atoms with Gasteiger partial charge in [0.15, 0.2) is 0 Å². The Hall–Kier alpha value is -3.61. The minimum absolute atomic E-state index is 0.260. The lowest BCUT2D eigenvalue weighted by atomic mass is 9.86. The molecular weight excluding hydrogens is 442 g/mol. The van der Waals surface area contributed by atoms with Crippen molar-refractivity contribution in [2.24, 2.45) is 0 Å². The summed E-state index contributed by atoms with van der Waals surface area (Å²) in [6.45, 7) is 7.39. The second kappa shape index (κ2) is 9.21. The van der Waals surface area contributed by atoms with Crippen molar-refractivity contribution in [2.75, 3.05) is 13.1 Å². The lowest BCUT2D eigenvalue weighted by Gasteiger charge is -2.39. The van der Waals surface area contributed by atoms with Crippen molar-refractivity contribution in [1.29, 1.82) is 0 Å². The summed E-state index contributed by atoms with van der Waals surface area (Å²) in [7, 11) is 0. The van der Waals surface area contributed by atoms with Crippen LogP contribution in [0.25, 0.3) is 16.5 Å². The predicted molar refractivity (Wildman–Crippen MR) is 134 cm³/mol. The average Bonchev–Trinajstić information content (AvgIpc) is 3.25. The number of carbonyl (C=O) groups excluding carboxylic acids is 1. The third-order valence-electron chi connectivity index (χ3n) is 6.42. The number of likely N-dealkylation sites (tertiary alicyclic amines) is 1. The topological polar surface area (TPSA) is 73.8 Å². The molecule has 35 heavy (non-hydrogen) atoms. The summed E-state index contributed by atoms with van der Waals surface area (Å²) in [4.78, 5) is 14.2. The molecule has 2 aliphatic heterocycles. The summed E-state index contributed by atoms with van der Waals surface area (Å²) in [5.41, 5.74) is 2.99. The first-order chi connectivity index (χ1) is 16.8. The van der Waals surface area contributed by atoms with Gasteiger partial charge in [0.25, 0.3) is 0 Å². The maximum absolute atomic E-state index is 12.4. The van der Waals surface area contributed by atoms with Gasteiger partial charge >= 0.3 is 6.09 Å². The molecule has 2 aromatic carbocycles. The highest BCUT2D eigenvalue weighted by atomic mass is 16.6. The van der Waals surface area contributed by atoms with Crippen molar-refractivity contribution in [2.45, 2.75) is 57.8 Å². The molecule has 1 fully saturated rings. The van der Waals surface area contributed by atoms with Crippen molar-refractivity contribution in [3.05, 3.63) is 72.1 Å². The minimum atomic E-state index is -0.494. The fourth-order valence-electron chi connectivity index (χ4n) is 4.51. The smallest absolute Gasteiger partial charge is 0.410 e. The Morgan fingerprint density at radius 1 is 1.06 bits per heavy atom. The number of ether oxygens (including phenoxy) is 3. The van der Waals surface area contributed by atoms with E-state index in [4.69, 9.17) is 14.2 Å². The van der Waals surface area contributed by atoms with Gasteiger partial charge in [0.1, 0.15) is 23.6 Å². The van der Waals surface area contributed by atoms with E-state index in [9.17, 15) is 4.79 Å². The molecular formula is C28H31N3O4. The Labute approximate surface area is 205 Å². The highest BCUT2D eigenvalue weighted by Gasteiger charge is 2.42. The molecule has 0 saturated carbocycles. The maximum atomic E-state index is 12.4. The molecule has 0 N–H and O–H groups in total. The lowest BCUT2D eigenvalue weighted by molar-refractivity contribution is -0.0276. The number of nitrogens with zero attached hydrogens (tertiary/aromatic N) is 3. The normalized spacial score (nSPS) is 17.2. The highest BCUT2D eigenvalue weighted by Crippen LogP contribution is 2.41. The zero-order valence-electron chi connectivity index (χ0n) is 20.5. The first-order valence-electron chi connectivity index (χ1n) is 12.1. The van der Waals surface area contributed by atoms with Crippen LogP contribution in [0.15, 0.2) is 60.9 Å². The van der Waals surface area contributed by atoms with Crippen molar-refractivity contribution < 1.29 is 19.0 Å². The van der Waals surface area contributed by atoms with E-state index in [-0.39, 0.29) is 11.7 Å². The molecule has 182 valence electrons. The highest BCUT2D eigenvalue weighted by molar-refractivity contribution is 5.82. The van der Waals surface area contributed by atoms with Crippen LogP contribution in [0.4, 0.5) is 4.79 Å². The molecule has 0 unspecified atom stereocenters. The first-order valence-corrected chi connectivity index (χ1v) is 12.1. The Bertz CT molecular complexity index is 1240. The molecule has 1 aromatic heterocycles. The second-order valence-electron chi connectivity index (χ2n) is 10.3. The molecule has 1 amide bonds. The largest absolute Gasteiger partial charge is 0.494 e. The van der Waals surface area contributed by atoms with Gasteiger partial charge in [0.05, 0.1) is 17.5 Å². The molecule has 1 spiro atoms. The van der Waals surface area contributed by atoms with Gasteiger partial charge in [-0.25, -0.2) is 4.79 Å². The monoisotopic (exact) mass is 473 g/mol. The third-order valence-corrected chi connectivity index (χ3v) is 6.42. The zero-order valence-corrected chi connectivity index (χ0v) is 20.5. The predicted octanol–water partition coefficient (Wildman–Crippen LogP) is 5.74. The van der Waals surface area contributed by atoms with E-state index in [1.807, 2.05) is 81.6 Å². The molecule has 0 atom stereocenters. The number of fused-ring (bicyclic) bond motifs is 1. The number of hydrogen-bond acceptors (Lipinski definition) is 6. The molecule has 5 rings (SSSR count). The Kier molecular flexibility index (Phi) is 6.09. The van der Waals surface area contributed by atoms with Crippen LogP contribution < -0.4 is 4.74 Å². The Morgan fingerprint density at radius 2 is 1.83 bits per heavy atom. The van der Waals surface area contributed by atoms with Gasteiger partial charge in [0.2, 0.25) is 0 Å². The quantitative estimate of drug-likeness (QED) is 0.481. The third kappa shape index (κ3) is 5.39. The summed E-state index contributed by atoms with van der Waals surface area (Å²) >= 11 is 0. The molecule has 0 bridgehead atoms. The molecule has 7 heteroatoms. The van der Waals surface area contributed by atoms with Crippen molar-refractivity contribution in [3.8, 4) is 5.75 Å². The van der Waals surface area contributed by atoms with E-state index in [1.165, 1.54) is 0 Å². The van der Waals surface area contributed by atoms with Crippen molar-refractivity contribution in [3.63, 3.8) is 0 Å². The molecule has 1 saturated heterocycles. The molecule has 3 aromatic rings. The van der Waals surface area contributed by atoms with E-state index in [0.29, 0.717) is 19.7 Å². The van der Waals surface area contributed by atoms with Gasteiger partial charge in [-0.05, 0) is 50.6 Å². The molecule has 3 heterocycles. The van der Waals surface area contributed by atoms with E-state index in [0.717, 1.165) is 52.7 Å². The molecule has 2 aliphatic rings. The first kappa shape index (κ1) is 23.1. The van der Waals surface area contributed by atoms with Crippen LogP contribution in [0.2, 0.25) is 0 Å². The van der Waals surface area contributed by atoms with Crippen molar-refractivity contribution >= 4 is 22.6 Å². The zero-order chi connectivity index (χ0) is 24.5. The lowest BCUT2D eigenvalue weighted by Crippen LogP contribution is -2.47. The summed E-state index contributed by atoms with van der Waals surface area (Å²) in [5.74, 6) is 0.794. The van der Waals surface area contributed by atoms with Crippen LogP contribution in [-0.2, 0) is 16.1 Å². The maximum Gasteiger partial charge on any atom is 0.410 e. The van der Waals surface area contributed by atoms with Crippen LogP contribution in [0.3, 0.4) is 0 Å². The van der Waals surface area contributed by atoms with Gasteiger partial charge in [-0.2, -0.15) is 5.10 Å². The number of amides is 1. The Balaban J connectivity index is 1.23. The summed E-state index contributed by atoms with van der Waals surface area (Å²) in [6, 6.07) is 18.0. The van der Waals surface area contributed by atoms with E-state index < -0.39 is 5.60 Å². The number of benzene rings is 2. The van der Waals surface area contributed by atoms with E-state index in [1.54, 1.807) is 4.90 Å². The van der Waals surface area contributed by atoms with Gasteiger partial charge in [-0.15, -0.1) is 5.10 Å². The van der Waals surface area contributed by atoms with Crippen LogP contribution in [0.5, 0.6) is 5.75 Å². The summed E-state index contributed by atoms with van der Waals surface area (Å²) in [5, 5.41) is 9.84. The van der Waals surface area contributed by atoms with Gasteiger partial charge in [-0.3, -0.25) is 0 Å². The fourth-order valence-corrected chi connectivity index (χ4v) is 4.51. The van der Waals surface area contributed by atoms with Crippen LogP contribution >= 0.6 is 0 Å². The van der Waals surface area contributed by atoms with E-state index >= 15 is 0 Å². The molecule has 7 nitrogen and oxygen atoms in total. The van der Waals surface area contributed by atoms with E-state index in [2.05, 4.69) is 10.2 Å². The van der Waals surface area contributed by atoms with Crippen molar-refractivity contribution in [1.82, 2.24) is 15.1 Å². The summed E-state index contributed by atoms with van der Waals surface area (Å²) < 4.78 is 17.7. The number of hydrogen-bond donors (Lipinski definition) is 0. The number of rotatable bonds is 4.